The maximum Gasteiger partial charge on any atom is 0.417 e. The number of carbonyl (C=O) groups excluding carboxylic acids is 2. The van der Waals surface area contributed by atoms with Crippen LogP contribution in [0.5, 0.6) is 0 Å². The van der Waals surface area contributed by atoms with E-state index in [9.17, 15) is 22.8 Å². The Morgan fingerprint density at radius 1 is 1.00 bits per heavy atom. The SMILES string of the molecule is O=C(N/N=C\c1ccccc1C(F)(F)F)C(=O)Nc1ccccc1Br. The molecule has 0 atom stereocenters. The van der Waals surface area contributed by atoms with Crippen LogP contribution in [0.3, 0.4) is 0 Å². The van der Waals surface area contributed by atoms with E-state index in [1.807, 2.05) is 5.43 Å². The fraction of sp³-hybridized carbons (Fsp3) is 0.0625. The molecule has 0 spiro atoms. The second-order valence-corrected chi connectivity index (χ2v) is 5.57. The summed E-state index contributed by atoms with van der Waals surface area (Å²) < 4.78 is 39.0. The third-order valence-corrected chi connectivity index (χ3v) is 3.66. The van der Waals surface area contributed by atoms with Gasteiger partial charge in [-0.05, 0) is 34.1 Å². The van der Waals surface area contributed by atoms with Crippen molar-refractivity contribution < 1.29 is 22.8 Å². The predicted octanol–water partition coefficient (Wildman–Crippen LogP) is 3.56. The number of halogens is 4. The van der Waals surface area contributed by atoms with Crippen LogP contribution in [0.4, 0.5) is 18.9 Å². The number of amides is 2. The van der Waals surface area contributed by atoms with E-state index in [1.165, 1.54) is 18.2 Å². The molecule has 2 N–H and O–H groups in total. The van der Waals surface area contributed by atoms with E-state index in [0.29, 0.717) is 10.2 Å². The van der Waals surface area contributed by atoms with E-state index in [-0.39, 0.29) is 5.56 Å². The molecule has 25 heavy (non-hydrogen) atoms. The van der Waals surface area contributed by atoms with Crippen LogP contribution in [0.1, 0.15) is 11.1 Å². The Morgan fingerprint density at radius 2 is 1.64 bits per heavy atom. The second kappa shape index (κ2) is 7.93. The van der Waals surface area contributed by atoms with Gasteiger partial charge in [-0.3, -0.25) is 9.59 Å². The number of alkyl halides is 3. The summed E-state index contributed by atoms with van der Waals surface area (Å²) in [7, 11) is 0. The van der Waals surface area contributed by atoms with Gasteiger partial charge in [0.1, 0.15) is 0 Å². The van der Waals surface area contributed by atoms with Crippen molar-refractivity contribution in [3.63, 3.8) is 0 Å². The topological polar surface area (TPSA) is 70.6 Å². The van der Waals surface area contributed by atoms with Crippen LogP contribution in [0.15, 0.2) is 58.1 Å². The van der Waals surface area contributed by atoms with E-state index in [2.05, 4.69) is 26.3 Å². The summed E-state index contributed by atoms with van der Waals surface area (Å²) in [5.74, 6) is -2.12. The molecule has 0 bridgehead atoms. The molecule has 0 aromatic heterocycles. The van der Waals surface area contributed by atoms with Crippen molar-refractivity contribution in [3.05, 3.63) is 64.1 Å². The molecule has 5 nitrogen and oxygen atoms in total. The van der Waals surface area contributed by atoms with Crippen LogP contribution in [-0.2, 0) is 15.8 Å². The zero-order valence-corrected chi connectivity index (χ0v) is 14.1. The molecule has 130 valence electrons. The van der Waals surface area contributed by atoms with Crippen LogP contribution in [0, 0.1) is 0 Å². The lowest BCUT2D eigenvalue weighted by Gasteiger charge is -2.09. The van der Waals surface area contributed by atoms with Crippen molar-refractivity contribution >= 4 is 39.6 Å². The Hall–Kier alpha value is -2.68. The Morgan fingerprint density at radius 3 is 2.32 bits per heavy atom. The number of hydrogen-bond donors (Lipinski definition) is 2. The summed E-state index contributed by atoms with van der Waals surface area (Å²) in [6, 6.07) is 11.3. The lowest BCUT2D eigenvalue weighted by Crippen LogP contribution is -2.32. The molecule has 2 amide bonds. The minimum absolute atomic E-state index is 0.235. The summed E-state index contributed by atoms with van der Waals surface area (Å²) >= 11 is 3.20. The van der Waals surface area contributed by atoms with E-state index >= 15 is 0 Å². The van der Waals surface area contributed by atoms with Crippen molar-refractivity contribution in [2.75, 3.05) is 5.32 Å². The molecule has 9 heteroatoms. The quantitative estimate of drug-likeness (QED) is 0.458. The average Bonchev–Trinajstić information content (AvgIpc) is 2.56. The largest absolute Gasteiger partial charge is 0.417 e. The molecule has 0 aliphatic heterocycles. The molecule has 0 heterocycles. The zero-order chi connectivity index (χ0) is 18.4. The monoisotopic (exact) mass is 413 g/mol. The summed E-state index contributed by atoms with van der Waals surface area (Å²) in [5.41, 5.74) is 1.12. The zero-order valence-electron chi connectivity index (χ0n) is 12.5. The number of nitrogens with zero attached hydrogens (tertiary/aromatic N) is 1. The molecule has 0 saturated carbocycles. The first kappa shape index (κ1) is 18.7. The minimum atomic E-state index is -4.55. The van der Waals surface area contributed by atoms with E-state index in [1.54, 1.807) is 24.3 Å². The Bertz CT molecular complexity index is 822. The van der Waals surface area contributed by atoms with Gasteiger partial charge in [-0.2, -0.15) is 18.3 Å². The van der Waals surface area contributed by atoms with Gasteiger partial charge in [0.15, 0.2) is 0 Å². The molecule has 2 aromatic rings. The Kier molecular flexibility index (Phi) is 5.92. The van der Waals surface area contributed by atoms with Crippen LogP contribution < -0.4 is 10.7 Å². The maximum atomic E-state index is 12.8. The molecule has 2 aromatic carbocycles. The van der Waals surface area contributed by atoms with Gasteiger partial charge in [-0.1, -0.05) is 30.3 Å². The number of hydrogen-bond acceptors (Lipinski definition) is 3. The summed E-state index contributed by atoms with van der Waals surface area (Å²) in [6.07, 6.45) is -3.73. The van der Waals surface area contributed by atoms with E-state index in [4.69, 9.17) is 0 Å². The van der Waals surface area contributed by atoms with Crippen molar-refractivity contribution in [1.29, 1.82) is 0 Å². The van der Waals surface area contributed by atoms with Gasteiger partial charge in [-0.15, -0.1) is 0 Å². The lowest BCUT2D eigenvalue weighted by atomic mass is 10.1. The lowest BCUT2D eigenvalue weighted by molar-refractivity contribution is -0.137. The molecule has 0 radical (unpaired) electrons. The molecule has 2 rings (SSSR count). The first-order valence-electron chi connectivity index (χ1n) is 6.84. The third-order valence-electron chi connectivity index (χ3n) is 2.96. The Balaban J connectivity index is 2.02. The van der Waals surface area contributed by atoms with Crippen LogP contribution in [0.25, 0.3) is 0 Å². The van der Waals surface area contributed by atoms with Gasteiger partial charge in [0.25, 0.3) is 0 Å². The smallest absolute Gasteiger partial charge is 0.317 e. The highest BCUT2D eigenvalue weighted by Gasteiger charge is 2.32. The summed E-state index contributed by atoms with van der Waals surface area (Å²) in [6.45, 7) is 0. The molecule has 0 fully saturated rings. The van der Waals surface area contributed by atoms with Gasteiger partial charge in [-0.25, -0.2) is 5.43 Å². The highest BCUT2D eigenvalue weighted by Crippen LogP contribution is 2.31. The predicted molar refractivity (Wildman–Crippen MR) is 90.0 cm³/mol. The van der Waals surface area contributed by atoms with Crippen LogP contribution >= 0.6 is 15.9 Å². The van der Waals surface area contributed by atoms with E-state index < -0.39 is 23.6 Å². The standard InChI is InChI=1S/C16H11BrF3N3O2/c17-12-7-3-4-8-13(12)22-14(24)15(25)23-21-9-10-5-1-2-6-11(10)16(18,19)20/h1-9H,(H,22,24)(H,23,25)/b21-9-. The first-order valence-corrected chi connectivity index (χ1v) is 7.63. The van der Waals surface area contributed by atoms with E-state index in [0.717, 1.165) is 12.3 Å². The van der Waals surface area contributed by atoms with Gasteiger partial charge < -0.3 is 5.32 Å². The van der Waals surface area contributed by atoms with Crippen molar-refractivity contribution in [2.24, 2.45) is 5.10 Å². The van der Waals surface area contributed by atoms with Crippen LogP contribution in [0.2, 0.25) is 0 Å². The molecular weight excluding hydrogens is 403 g/mol. The fourth-order valence-electron chi connectivity index (χ4n) is 1.82. The maximum absolute atomic E-state index is 12.8. The van der Waals surface area contributed by atoms with Gasteiger partial charge >= 0.3 is 18.0 Å². The fourth-order valence-corrected chi connectivity index (χ4v) is 2.20. The number of carbonyl (C=O) groups is 2. The number of rotatable bonds is 3. The third kappa shape index (κ3) is 5.15. The van der Waals surface area contributed by atoms with Gasteiger partial charge in [0, 0.05) is 10.0 Å². The number of benzene rings is 2. The number of nitrogens with one attached hydrogen (secondary N) is 2. The van der Waals surface area contributed by atoms with Crippen molar-refractivity contribution in [2.45, 2.75) is 6.18 Å². The minimum Gasteiger partial charge on any atom is -0.317 e. The summed E-state index contributed by atoms with van der Waals surface area (Å²) in [4.78, 5) is 23.4. The second-order valence-electron chi connectivity index (χ2n) is 4.72. The Labute approximate surface area is 149 Å². The number of anilines is 1. The van der Waals surface area contributed by atoms with Gasteiger partial charge in [0.2, 0.25) is 0 Å². The molecule has 0 aliphatic carbocycles. The molecular formula is C16H11BrF3N3O2. The van der Waals surface area contributed by atoms with Crippen molar-refractivity contribution in [1.82, 2.24) is 5.43 Å². The first-order chi connectivity index (χ1) is 11.8. The highest BCUT2D eigenvalue weighted by atomic mass is 79.9. The number of para-hydroxylation sites is 1. The average molecular weight is 414 g/mol. The molecule has 0 saturated heterocycles. The molecule has 0 unspecified atom stereocenters. The normalized spacial score (nSPS) is 11.4. The summed E-state index contributed by atoms with van der Waals surface area (Å²) in [5, 5.41) is 5.75. The van der Waals surface area contributed by atoms with Crippen LogP contribution in [-0.4, -0.2) is 18.0 Å². The molecule has 0 aliphatic rings. The highest BCUT2D eigenvalue weighted by molar-refractivity contribution is 9.10. The van der Waals surface area contributed by atoms with Crippen molar-refractivity contribution in [3.8, 4) is 0 Å². The van der Waals surface area contributed by atoms with Gasteiger partial charge in [0.05, 0.1) is 17.5 Å². The number of hydrazone groups is 1.